The number of rotatable bonds is 4. The highest BCUT2D eigenvalue weighted by Crippen LogP contribution is 2.12. The molecule has 0 atom stereocenters. The van der Waals surface area contributed by atoms with Crippen molar-refractivity contribution in [3.05, 3.63) is 65.5 Å². The fourth-order valence-corrected chi connectivity index (χ4v) is 2.16. The minimum atomic E-state index is -0.224. The van der Waals surface area contributed by atoms with Gasteiger partial charge in [0.1, 0.15) is 5.82 Å². The summed E-state index contributed by atoms with van der Waals surface area (Å²) in [6, 6.07) is 14.7. The van der Waals surface area contributed by atoms with Crippen LogP contribution >= 0.6 is 12.2 Å². The van der Waals surface area contributed by atoms with Crippen molar-refractivity contribution in [3.8, 4) is 0 Å². The van der Waals surface area contributed by atoms with Crippen LogP contribution in [0.4, 0.5) is 10.1 Å². The van der Waals surface area contributed by atoms with E-state index >= 15 is 0 Å². The topological polar surface area (TPSA) is 15.3 Å². The van der Waals surface area contributed by atoms with E-state index in [2.05, 4.69) is 24.4 Å². The molecule has 0 saturated carbocycles. The Morgan fingerprint density at radius 2 is 1.62 bits per heavy atom. The molecule has 0 aromatic heterocycles. The molecule has 0 fully saturated rings. The van der Waals surface area contributed by atoms with Crippen molar-refractivity contribution < 1.29 is 4.39 Å². The summed E-state index contributed by atoms with van der Waals surface area (Å²) in [5, 5.41) is 3.85. The molecule has 0 unspecified atom stereocenters. The lowest BCUT2D eigenvalue weighted by Crippen LogP contribution is -2.30. The Labute approximate surface area is 130 Å². The van der Waals surface area contributed by atoms with Crippen molar-refractivity contribution in [1.82, 2.24) is 4.90 Å². The normalized spacial score (nSPS) is 10.2. The van der Waals surface area contributed by atoms with Crippen molar-refractivity contribution in [3.63, 3.8) is 0 Å². The largest absolute Gasteiger partial charge is 0.348 e. The number of aryl methyl sites for hydroxylation is 1. The van der Waals surface area contributed by atoms with Crippen LogP contribution in [0.25, 0.3) is 0 Å². The summed E-state index contributed by atoms with van der Waals surface area (Å²) < 4.78 is 12.9. The quantitative estimate of drug-likeness (QED) is 0.851. The SMILES string of the molecule is CCc1ccc(NC(=S)N(C)Cc2ccc(F)cc2)cc1. The molecule has 2 nitrogen and oxygen atoms in total. The second kappa shape index (κ2) is 7.18. The van der Waals surface area contributed by atoms with Crippen LogP contribution in [0.1, 0.15) is 18.1 Å². The molecular weight excluding hydrogens is 283 g/mol. The van der Waals surface area contributed by atoms with Crippen LogP contribution < -0.4 is 5.32 Å². The maximum absolute atomic E-state index is 12.9. The summed E-state index contributed by atoms with van der Waals surface area (Å²) in [6.45, 7) is 2.77. The summed E-state index contributed by atoms with van der Waals surface area (Å²) in [5.41, 5.74) is 3.29. The third kappa shape index (κ3) is 4.53. The fraction of sp³-hybridized carbons (Fsp3) is 0.235. The average Bonchev–Trinajstić information content (AvgIpc) is 2.50. The van der Waals surface area contributed by atoms with Crippen molar-refractivity contribution >= 4 is 23.0 Å². The number of halogens is 1. The maximum atomic E-state index is 12.9. The van der Waals surface area contributed by atoms with E-state index in [0.29, 0.717) is 11.7 Å². The number of thiocarbonyl (C=S) groups is 1. The zero-order valence-electron chi connectivity index (χ0n) is 12.3. The molecule has 0 radical (unpaired) electrons. The molecule has 2 rings (SSSR count). The van der Waals surface area contributed by atoms with Gasteiger partial charge in [0.05, 0.1) is 0 Å². The lowest BCUT2D eigenvalue weighted by atomic mass is 10.1. The smallest absolute Gasteiger partial charge is 0.173 e. The Hall–Kier alpha value is -1.94. The van der Waals surface area contributed by atoms with Gasteiger partial charge in [-0.1, -0.05) is 31.2 Å². The predicted molar refractivity (Wildman–Crippen MR) is 89.9 cm³/mol. The lowest BCUT2D eigenvalue weighted by Gasteiger charge is -2.21. The van der Waals surface area contributed by atoms with Crippen LogP contribution in [0.3, 0.4) is 0 Å². The second-order valence-corrected chi connectivity index (χ2v) is 5.35. The summed E-state index contributed by atoms with van der Waals surface area (Å²) in [6.07, 6.45) is 1.02. The molecule has 0 aliphatic heterocycles. The number of hydrogen-bond acceptors (Lipinski definition) is 1. The first-order valence-corrected chi connectivity index (χ1v) is 7.35. The number of nitrogens with one attached hydrogen (secondary N) is 1. The fourth-order valence-electron chi connectivity index (χ4n) is 1.98. The molecule has 0 bridgehead atoms. The molecule has 2 aromatic rings. The first kappa shape index (κ1) is 15.4. The predicted octanol–water partition coefficient (Wildman–Crippen LogP) is 4.22. The van der Waals surface area contributed by atoms with Gasteiger partial charge in [0.15, 0.2) is 5.11 Å². The van der Waals surface area contributed by atoms with E-state index < -0.39 is 0 Å². The van der Waals surface area contributed by atoms with Gasteiger partial charge in [0, 0.05) is 19.3 Å². The third-order valence-corrected chi connectivity index (χ3v) is 3.71. The highest BCUT2D eigenvalue weighted by molar-refractivity contribution is 7.80. The molecule has 0 heterocycles. The zero-order chi connectivity index (χ0) is 15.2. The maximum Gasteiger partial charge on any atom is 0.173 e. The van der Waals surface area contributed by atoms with E-state index in [0.717, 1.165) is 17.7 Å². The lowest BCUT2D eigenvalue weighted by molar-refractivity contribution is 0.507. The van der Waals surface area contributed by atoms with E-state index in [1.807, 2.05) is 24.1 Å². The number of anilines is 1. The molecule has 110 valence electrons. The number of hydrogen-bond donors (Lipinski definition) is 1. The average molecular weight is 302 g/mol. The monoisotopic (exact) mass is 302 g/mol. The molecule has 1 N–H and O–H groups in total. The number of nitrogens with zero attached hydrogens (tertiary/aromatic N) is 1. The molecule has 0 saturated heterocycles. The highest BCUT2D eigenvalue weighted by atomic mass is 32.1. The van der Waals surface area contributed by atoms with Crippen LogP contribution in [0, 0.1) is 5.82 Å². The Kier molecular flexibility index (Phi) is 5.28. The Bertz CT molecular complexity index is 593. The van der Waals surface area contributed by atoms with Crippen molar-refractivity contribution in [2.75, 3.05) is 12.4 Å². The van der Waals surface area contributed by atoms with Gasteiger partial charge in [-0.15, -0.1) is 0 Å². The van der Waals surface area contributed by atoms with Gasteiger partial charge < -0.3 is 10.2 Å². The van der Waals surface area contributed by atoms with Crippen molar-refractivity contribution in [2.24, 2.45) is 0 Å². The van der Waals surface area contributed by atoms with Crippen LogP contribution in [0.5, 0.6) is 0 Å². The van der Waals surface area contributed by atoms with Gasteiger partial charge in [-0.25, -0.2) is 4.39 Å². The third-order valence-electron chi connectivity index (χ3n) is 3.29. The zero-order valence-corrected chi connectivity index (χ0v) is 13.1. The van der Waals surface area contributed by atoms with Gasteiger partial charge >= 0.3 is 0 Å². The Morgan fingerprint density at radius 3 is 2.19 bits per heavy atom. The second-order valence-electron chi connectivity index (χ2n) is 4.96. The molecule has 0 amide bonds. The van der Waals surface area contributed by atoms with Gasteiger partial charge in [-0.3, -0.25) is 0 Å². The summed E-state index contributed by atoms with van der Waals surface area (Å²) in [5.74, 6) is -0.224. The van der Waals surface area contributed by atoms with E-state index in [-0.39, 0.29) is 5.82 Å². The van der Waals surface area contributed by atoms with E-state index in [1.165, 1.54) is 17.7 Å². The first-order valence-electron chi connectivity index (χ1n) is 6.94. The molecule has 4 heteroatoms. The molecule has 0 spiro atoms. The summed E-state index contributed by atoms with van der Waals surface area (Å²) in [7, 11) is 1.92. The van der Waals surface area contributed by atoms with E-state index in [9.17, 15) is 4.39 Å². The van der Waals surface area contributed by atoms with Crippen LogP contribution in [-0.4, -0.2) is 17.1 Å². The summed E-state index contributed by atoms with van der Waals surface area (Å²) >= 11 is 5.39. The minimum absolute atomic E-state index is 0.224. The van der Waals surface area contributed by atoms with Crippen molar-refractivity contribution in [2.45, 2.75) is 19.9 Å². The first-order chi connectivity index (χ1) is 10.1. The number of benzene rings is 2. The summed E-state index contributed by atoms with van der Waals surface area (Å²) in [4.78, 5) is 1.93. The van der Waals surface area contributed by atoms with Gasteiger partial charge in [0.25, 0.3) is 0 Å². The van der Waals surface area contributed by atoms with Gasteiger partial charge in [-0.05, 0) is 54.0 Å². The van der Waals surface area contributed by atoms with Crippen LogP contribution in [0.2, 0.25) is 0 Å². The molecule has 0 aliphatic rings. The van der Waals surface area contributed by atoms with Crippen LogP contribution in [0.15, 0.2) is 48.5 Å². The van der Waals surface area contributed by atoms with E-state index in [1.54, 1.807) is 12.1 Å². The highest BCUT2D eigenvalue weighted by Gasteiger charge is 2.06. The molecule has 2 aromatic carbocycles. The molecular formula is C17H19FN2S. The molecule has 21 heavy (non-hydrogen) atoms. The minimum Gasteiger partial charge on any atom is -0.348 e. The molecule has 0 aliphatic carbocycles. The van der Waals surface area contributed by atoms with Crippen LogP contribution in [-0.2, 0) is 13.0 Å². The van der Waals surface area contributed by atoms with Gasteiger partial charge in [0.2, 0.25) is 0 Å². The Balaban J connectivity index is 1.93. The standard InChI is InChI=1S/C17H19FN2S/c1-3-13-6-10-16(11-7-13)19-17(21)20(2)12-14-4-8-15(18)9-5-14/h4-11H,3,12H2,1-2H3,(H,19,21). The van der Waals surface area contributed by atoms with Gasteiger partial charge in [-0.2, -0.15) is 0 Å². The van der Waals surface area contributed by atoms with E-state index in [4.69, 9.17) is 12.2 Å². The van der Waals surface area contributed by atoms with Crippen molar-refractivity contribution in [1.29, 1.82) is 0 Å². The Morgan fingerprint density at radius 1 is 1.05 bits per heavy atom.